The number of hydrogen-bond donors (Lipinski definition) is 1. The van der Waals surface area contributed by atoms with Gasteiger partial charge in [0.2, 0.25) is 5.43 Å². The number of carbonyl (C=O) groups is 2. The molecule has 1 fully saturated rings. The number of halogens is 3. The molecule has 12 heteroatoms. The molecule has 2 amide bonds. The molecule has 9 nitrogen and oxygen atoms in total. The van der Waals surface area contributed by atoms with Crippen molar-refractivity contribution in [3.05, 3.63) is 99.0 Å². The molecule has 43 heavy (non-hydrogen) atoms. The maximum absolute atomic E-state index is 14.3. The van der Waals surface area contributed by atoms with Gasteiger partial charge in [0, 0.05) is 37.3 Å². The number of fused-ring (bicyclic) bond motifs is 5. The van der Waals surface area contributed by atoms with Gasteiger partial charge in [-0.1, -0.05) is 41.6 Å². The Bertz CT molecular complexity index is 1680. The van der Waals surface area contributed by atoms with Crippen molar-refractivity contribution in [1.29, 1.82) is 0 Å². The number of nitrogens with zero attached hydrogens (tertiary/aromatic N) is 3. The van der Waals surface area contributed by atoms with E-state index in [9.17, 15) is 27.6 Å². The van der Waals surface area contributed by atoms with Crippen LogP contribution in [0.4, 0.5) is 13.2 Å². The standard InChI is InChI=1S/C31H29F3N4O5/c1-18-12-31(43-36-18)10-9-22(13-32)37-16-25(31)38-15-23(29(40)35-14-20-7-8-21(33)11-24(20)34)27(39)28(26(38)30(37)41)42-17-19-5-3-2-4-6-19/h2-8,11,15,22,25H,9-10,12-14,16-17H2,1H3,(H,35,40)/t22-,25-,31+/m1/s1. The van der Waals surface area contributed by atoms with Gasteiger partial charge in [-0.25, -0.2) is 13.2 Å². The molecule has 3 atom stereocenters. The molecule has 1 saturated heterocycles. The smallest absolute Gasteiger partial charge is 0.274 e. The van der Waals surface area contributed by atoms with Gasteiger partial charge in [0.05, 0.1) is 17.8 Å². The second-order valence-corrected chi connectivity index (χ2v) is 11.1. The fourth-order valence-electron chi connectivity index (χ4n) is 6.12. The van der Waals surface area contributed by atoms with Gasteiger partial charge in [-0.05, 0) is 31.4 Å². The first kappa shape index (κ1) is 28.5. The van der Waals surface area contributed by atoms with Crippen LogP contribution in [-0.4, -0.2) is 51.9 Å². The van der Waals surface area contributed by atoms with E-state index in [0.717, 1.165) is 11.8 Å². The van der Waals surface area contributed by atoms with Crippen molar-refractivity contribution in [2.45, 2.75) is 57.0 Å². The highest BCUT2D eigenvalue weighted by Gasteiger charge is 2.54. The maximum atomic E-state index is 14.3. The highest BCUT2D eigenvalue weighted by molar-refractivity contribution is 5.99. The number of ether oxygens (including phenoxy) is 1. The Morgan fingerprint density at radius 3 is 2.67 bits per heavy atom. The first-order chi connectivity index (χ1) is 20.7. The average molecular weight is 595 g/mol. The predicted molar refractivity (Wildman–Crippen MR) is 150 cm³/mol. The summed E-state index contributed by atoms with van der Waals surface area (Å²) in [6.45, 7) is 0.710. The van der Waals surface area contributed by atoms with Crippen LogP contribution in [-0.2, 0) is 18.0 Å². The van der Waals surface area contributed by atoms with Gasteiger partial charge < -0.3 is 24.4 Å². The van der Waals surface area contributed by atoms with Gasteiger partial charge in [0.1, 0.15) is 30.5 Å². The molecule has 1 aromatic heterocycles. The van der Waals surface area contributed by atoms with Crippen molar-refractivity contribution in [2.24, 2.45) is 5.16 Å². The highest BCUT2D eigenvalue weighted by atomic mass is 19.1. The molecule has 0 unspecified atom stereocenters. The van der Waals surface area contributed by atoms with E-state index in [2.05, 4.69) is 10.5 Å². The number of carbonyl (C=O) groups excluding carboxylic acids is 2. The molecule has 6 rings (SSSR count). The van der Waals surface area contributed by atoms with Crippen LogP contribution in [0.15, 0.2) is 64.7 Å². The molecule has 0 radical (unpaired) electrons. The number of oxime groups is 1. The SMILES string of the molecule is CC1=NO[C@@]2(CC[C@H](CF)N3C[C@H]2n2cc(C(=O)NCc4ccc(F)cc4F)c(=O)c(OCc4ccccc4)c2C3=O)C1. The molecule has 0 aliphatic carbocycles. The first-order valence-corrected chi connectivity index (χ1v) is 14.0. The summed E-state index contributed by atoms with van der Waals surface area (Å²) in [4.78, 5) is 48.6. The Morgan fingerprint density at radius 1 is 1.19 bits per heavy atom. The van der Waals surface area contributed by atoms with Crippen LogP contribution < -0.4 is 15.5 Å². The van der Waals surface area contributed by atoms with E-state index in [1.807, 2.05) is 13.0 Å². The highest BCUT2D eigenvalue weighted by Crippen LogP contribution is 2.46. The van der Waals surface area contributed by atoms with Crippen molar-refractivity contribution in [3.63, 3.8) is 0 Å². The Hall–Kier alpha value is -4.61. The van der Waals surface area contributed by atoms with Crippen LogP contribution in [0, 0.1) is 11.6 Å². The van der Waals surface area contributed by atoms with Gasteiger partial charge in [-0.15, -0.1) is 0 Å². The Labute approximate surface area is 244 Å². The van der Waals surface area contributed by atoms with Crippen LogP contribution in [0.5, 0.6) is 5.75 Å². The van der Waals surface area contributed by atoms with Gasteiger partial charge >= 0.3 is 0 Å². The lowest BCUT2D eigenvalue weighted by atomic mass is 9.84. The van der Waals surface area contributed by atoms with Crippen molar-refractivity contribution >= 4 is 17.5 Å². The zero-order valence-electron chi connectivity index (χ0n) is 23.3. The third-order valence-corrected chi connectivity index (χ3v) is 8.35. The largest absolute Gasteiger partial charge is 0.483 e. The predicted octanol–water partition coefficient (Wildman–Crippen LogP) is 4.30. The normalized spacial score (nSPS) is 22.5. The van der Waals surface area contributed by atoms with Crippen molar-refractivity contribution < 1.29 is 32.3 Å². The fraction of sp³-hybridized carbons (Fsp3) is 0.355. The minimum Gasteiger partial charge on any atom is -0.483 e. The zero-order valence-corrected chi connectivity index (χ0v) is 23.3. The van der Waals surface area contributed by atoms with E-state index >= 15 is 0 Å². The molecule has 4 heterocycles. The van der Waals surface area contributed by atoms with Crippen LogP contribution >= 0.6 is 0 Å². The van der Waals surface area contributed by atoms with E-state index in [0.29, 0.717) is 30.9 Å². The second kappa shape index (κ2) is 11.2. The van der Waals surface area contributed by atoms with Gasteiger partial charge in [0.15, 0.2) is 17.0 Å². The molecule has 3 aliphatic rings. The Morgan fingerprint density at radius 2 is 1.98 bits per heavy atom. The summed E-state index contributed by atoms with van der Waals surface area (Å²) in [5.41, 5.74) is -0.782. The summed E-state index contributed by atoms with van der Waals surface area (Å²) in [7, 11) is 0. The number of nitrogens with one attached hydrogen (secondary N) is 1. The molecule has 2 bridgehead atoms. The summed E-state index contributed by atoms with van der Waals surface area (Å²) in [5, 5.41) is 6.69. The Kier molecular flexibility index (Phi) is 7.45. The summed E-state index contributed by atoms with van der Waals surface area (Å²) < 4.78 is 49.4. The molecular formula is C31H29F3N4O5. The van der Waals surface area contributed by atoms with Crippen LogP contribution in [0.25, 0.3) is 0 Å². The van der Waals surface area contributed by atoms with Crippen molar-refractivity contribution in [1.82, 2.24) is 14.8 Å². The number of alkyl halides is 1. The molecule has 3 aromatic rings. The summed E-state index contributed by atoms with van der Waals surface area (Å²) in [5.74, 6) is -3.40. The topological polar surface area (TPSA) is 102 Å². The van der Waals surface area contributed by atoms with Crippen LogP contribution in [0.3, 0.4) is 0 Å². The minimum absolute atomic E-state index is 0.0196. The molecule has 1 N–H and O–H groups in total. The van der Waals surface area contributed by atoms with Gasteiger partial charge in [0.25, 0.3) is 11.8 Å². The van der Waals surface area contributed by atoms with Crippen LogP contribution in [0.2, 0.25) is 0 Å². The number of benzene rings is 2. The average Bonchev–Trinajstić information content (AvgIpc) is 3.31. The second-order valence-electron chi connectivity index (χ2n) is 11.1. The van der Waals surface area contributed by atoms with E-state index in [4.69, 9.17) is 9.57 Å². The number of hydrogen-bond acceptors (Lipinski definition) is 6. The zero-order chi connectivity index (χ0) is 30.3. The van der Waals surface area contributed by atoms with E-state index < -0.39 is 53.2 Å². The van der Waals surface area contributed by atoms with E-state index in [1.165, 1.54) is 21.7 Å². The molecule has 0 saturated carbocycles. The molecule has 224 valence electrons. The van der Waals surface area contributed by atoms with E-state index in [1.54, 1.807) is 24.3 Å². The van der Waals surface area contributed by atoms with Crippen molar-refractivity contribution in [2.75, 3.05) is 13.2 Å². The third kappa shape index (κ3) is 5.15. The monoisotopic (exact) mass is 594 g/mol. The summed E-state index contributed by atoms with van der Waals surface area (Å²) in [6.07, 6.45) is 2.40. The maximum Gasteiger partial charge on any atom is 0.274 e. The van der Waals surface area contributed by atoms with Gasteiger partial charge in [-0.2, -0.15) is 0 Å². The lowest BCUT2D eigenvalue weighted by molar-refractivity contribution is -0.0656. The lowest BCUT2D eigenvalue weighted by Crippen LogP contribution is -2.53. The number of rotatable bonds is 7. The number of aromatic nitrogens is 1. The molecule has 2 aromatic carbocycles. The molecule has 1 spiro atoms. The first-order valence-electron chi connectivity index (χ1n) is 14.0. The lowest BCUT2D eigenvalue weighted by Gasteiger charge is -2.42. The molecule has 3 aliphatic heterocycles. The van der Waals surface area contributed by atoms with Gasteiger partial charge in [-0.3, -0.25) is 14.4 Å². The summed E-state index contributed by atoms with van der Waals surface area (Å²) in [6, 6.07) is 10.6. The number of pyridine rings is 1. The quantitative estimate of drug-likeness (QED) is 0.440. The molecular weight excluding hydrogens is 565 g/mol. The van der Waals surface area contributed by atoms with E-state index in [-0.39, 0.29) is 42.3 Å². The third-order valence-electron chi connectivity index (χ3n) is 8.35. The Balaban J connectivity index is 1.46. The summed E-state index contributed by atoms with van der Waals surface area (Å²) >= 11 is 0. The fourth-order valence-corrected chi connectivity index (χ4v) is 6.12. The number of amides is 2. The van der Waals surface area contributed by atoms with Crippen LogP contribution in [0.1, 0.15) is 64.2 Å². The van der Waals surface area contributed by atoms with Crippen molar-refractivity contribution in [3.8, 4) is 5.75 Å². The minimum atomic E-state index is -0.946.